The van der Waals surface area contributed by atoms with Crippen LogP contribution < -0.4 is 0 Å². The summed E-state index contributed by atoms with van der Waals surface area (Å²) < 4.78 is 5.74. The SMILES string of the molecule is CC(C)(C)OC(=O)N1[C@H](c2nc(-c3ccc4cc(-c5ccc(-c6c[nH]c([C@@H]7C[C@H]8C[C@]8(C(C)(C)C)N7C(=O)O)n6)cc5)ccc4c3)c[nH]2)C[C@@H]2C[C@@H]21. The Bertz CT molecular complexity index is 2220. The highest BCUT2D eigenvalue weighted by atomic mass is 16.6. The minimum atomic E-state index is -0.868. The van der Waals surface area contributed by atoms with Crippen molar-refractivity contribution < 1.29 is 19.4 Å². The van der Waals surface area contributed by atoms with Gasteiger partial charge in [0.2, 0.25) is 0 Å². The number of imidazole rings is 2. The zero-order valence-electron chi connectivity index (χ0n) is 30.6. The van der Waals surface area contributed by atoms with Crippen molar-refractivity contribution in [2.24, 2.45) is 17.3 Å². The number of carbonyl (C=O) groups excluding carboxylic acids is 1. The van der Waals surface area contributed by atoms with E-state index in [-0.39, 0.29) is 35.2 Å². The third kappa shape index (κ3) is 5.28. The molecule has 4 aliphatic rings. The Kier molecular flexibility index (Phi) is 7.05. The van der Waals surface area contributed by atoms with Gasteiger partial charge in [0.25, 0.3) is 0 Å². The van der Waals surface area contributed by atoms with Crippen LogP contribution in [0.25, 0.3) is 44.4 Å². The van der Waals surface area contributed by atoms with Gasteiger partial charge in [-0.3, -0.25) is 9.80 Å². The Labute approximate surface area is 303 Å². The van der Waals surface area contributed by atoms with Crippen molar-refractivity contribution in [3.8, 4) is 33.6 Å². The Morgan fingerprint density at radius 1 is 0.769 bits per heavy atom. The largest absolute Gasteiger partial charge is 0.465 e. The first-order chi connectivity index (χ1) is 24.7. The van der Waals surface area contributed by atoms with Crippen molar-refractivity contribution in [1.82, 2.24) is 29.7 Å². The zero-order chi connectivity index (χ0) is 36.3. The summed E-state index contributed by atoms with van der Waals surface area (Å²) in [6.45, 7) is 12.1. The lowest BCUT2D eigenvalue weighted by atomic mass is 9.82. The summed E-state index contributed by atoms with van der Waals surface area (Å²) in [7, 11) is 0. The summed E-state index contributed by atoms with van der Waals surface area (Å²) in [6.07, 6.45) is 6.38. The van der Waals surface area contributed by atoms with Gasteiger partial charge >= 0.3 is 12.2 Å². The molecule has 0 radical (unpaired) electrons. The molecule has 5 aromatic rings. The Morgan fingerprint density at radius 3 is 1.98 bits per heavy atom. The number of amides is 2. The number of carbonyl (C=O) groups is 2. The molecule has 2 aromatic heterocycles. The maximum atomic E-state index is 13.1. The normalized spacial score (nSPS) is 26.4. The number of carboxylic acid groups (broad SMARTS) is 1. The topological polar surface area (TPSA) is 127 Å². The van der Waals surface area contributed by atoms with Gasteiger partial charge < -0.3 is 19.8 Å². The Hall–Kier alpha value is -5.12. The quantitative estimate of drug-likeness (QED) is 0.168. The lowest BCUT2D eigenvalue weighted by Gasteiger charge is -2.39. The van der Waals surface area contributed by atoms with Crippen LogP contribution in [-0.2, 0) is 4.74 Å². The number of aromatic nitrogens is 4. The number of nitrogens with zero attached hydrogens (tertiary/aromatic N) is 4. The smallest absolute Gasteiger partial charge is 0.411 e. The van der Waals surface area contributed by atoms with Crippen LogP contribution in [-0.4, -0.2) is 64.2 Å². The number of H-pyrrole nitrogens is 2. The zero-order valence-corrected chi connectivity index (χ0v) is 30.6. The van der Waals surface area contributed by atoms with E-state index in [1.165, 1.54) is 0 Å². The van der Waals surface area contributed by atoms with E-state index in [4.69, 9.17) is 14.7 Å². The standard InChI is InChI=1S/C42H46N6O4/c1-40(2,3)42-20-30(42)19-35(48(42)38(49)50)37-44-21-31(45-37)24-9-7-23(8-10-24)25-11-12-27-16-28(14-13-26(27)15-25)32-22-43-36(46-32)34-18-29-17-33(29)47(34)39(51)52-41(4,5)6/h7-16,21-22,29-30,33-35H,17-20H2,1-6H3,(H,43,46)(H,44,45)(H,49,50)/t29-,30-,33-,34-,35-,42-/m0/s1. The molecule has 6 atom stereocenters. The van der Waals surface area contributed by atoms with Crippen molar-refractivity contribution in [3.63, 3.8) is 0 Å². The van der Waals surface area contributed by atoms with Crippen LogP contribution in [0.4, 0.5) is 9.59 Å². The van der Waals surface area contributed by atoms with Crippen molar-refractivity contribution >= 4 is 23.0 Å². The number of hydrogen-bond acceptors (Lipinski definition) is 5. The molecule has 52 heavy (non-hydrogen) atoms. The molecule has 2 amide bonds. The van der Waals surface area contributed by atoms with Gasteiger partial charge in [0, 0.05) is 29.6 Å². The van der Waals surface area contributed by atoms with Gasteiger partial charge in [-0.2, -0.15) is 0 Å². The summed E-state index contributed by atoms with van der Waals surface area (Å²) in [5.74, 6) is 2.42. The van der Waals surface area contributed by atoms with E-state index in [2.05, 4.69) is 91.4 Å². The molecule has 0 bridgehead atoms. The van der Waals surface area contributed by atoms with Crippen molar-refractivity contribution in [2.75, 3.05) is 0 Å². The predicted molar refractivity (Wildman–Crippen MR) is 199 cm³/mol. The number of ether oxygens (including phenoxy) is 1. The molecule has 268 valence electrons. The van der Waals surface area contributed by atoms with Crippen LogP contribution in [0.5, 0.6) is 0 Å². The molecule has 4 heterocycles. The molecule has 2 saturated carbocycles. The second-order valence-electron chi connectivity index (χ2n) is 17.4. The maximum Gasteiger partial charge on any atom is 0.411 e. The highest BCUT2D eigenvalue weighted by Gasteiger charge is 2.72. The molecule has 10 nitrogen and oxygen atoms in total. The number of rotatable bonds is 5. The molecule has 0 spiro atoms. The third-order valence-corrected chi connectivity index (χ3v) is 12.0. The van der Waals surface area contributed by atoms with Crippen molar-refractivity contribution in [2.45, 2.75) is 96.5 Å². The molecular weight excluding hydrogens is 652 g/mol. The van der Waals surface area contributed by atoms with Crippen LogP contribution in [0.2, 0.25) is 0 Å². The number of likely N-dealkylation sites (tertiary alicyclic amines) is 2. The molecule has 10 heteroatoms. The molecule has 2 aliphatic heterocycles. The number of nitrogens with one attached hydrogen (secondary N) is 2. The summed E-state index contributed by atoms with van der Waals surface area (Å²) in [4.78, 5) is 45.7. The fourth-order valence-corrected chi connectivity index (χ4v) is 9.37. The highest BCUT2D eigenvalue weighted by Crippen LogP contribution is 2.68. The first-order valence-corrected chi connectivity index (χ1v) is 18.5. The number of piperidine rings is 2. The average Bonchev–Trinajstić information content (AvgIpc) is 3.66. The Morgan fingerprint density at radius 2 is 1.35 bits per heavy atom. The van der Waals surface area contributed by atoms with E-state index in [9.17, 15) is 14.7 Å². The number of benzene rings is 3. The summed E-state index contributed by atoms with van der Waals surface area (Å²) in [6, 6.07) is 21.2. The van der Waals surface area contributed by atoms with Gasteiger partial charge in [-0.1, -0.05) is 69.3 Å². The second kappa shape index (κ2) is 11.2. The van der Waals surface area contributed by atoms with E-state index < -0.39 is 11.7 Å². The Balaban J connectivity index is 0.903. The minimum Gasteiger partial charge on any atom is -0.465 e. The number of fused-ring (bicyclic) bond motifs is 3. The lowest BCUT2D eigenvalue weighted by Crippen LogP contribution is -2.48. The van der Waals surface area contributed by atoms with Gasteiger partial charge in [-0.05, 0) is 97.7 Å². The monoisotopic (exact) mass is 698 g/mol. The summed E-state index contributed by atoms with van der Waals surface area (Å²) in [5, 5.41) is 12.5. The van der Waals surface area contributed by atoms with Gasteiger partial charge in [0.05, 0.1) is 29.0 Å². The molecule has 3 aromatic carbocycles. The maximum absolute atomic E-state index is 13.1. The van der Waals surface area contributed by atoms with E-state index in [1.807, 2.05) is 38.1 Å². The van der Waals surface area contributed by atoms with Crippen LogP contribution in [0.15, 0.2) is 73.1 Å². The van der Waals surface area contributed by atoms with Crippen molar-refractivity contribution in [3.05, 3.63) is 84.7 Å². The molecule has 2 saturated heterocycles. The van der Waals surface area contributed by atoms with E-state index >= 15 is 0 Å². The molecule has 9 rings (SSSR count). The lowest BCUT2D eigenvalue weighted by molar-refractivity contribution is 0.0175. The van der Waals surface area contributed by atoms with Crippen LogP contribution >= 0.6 is 0 Å². The molecule has 3 N–H and O–H groups in total. The van der Waals surface area contributed by atoms with Crippen LogP contribution in [0.1, 0.15) is 91.0 Å². The van der Waals surface area contributed by atoms with E-state index in [0.29, 0.717) is 11.8 Å². The number of aromatic amines is 2. The minimum absolute atomic E-state index is 0.0992. The summed E-state index contributed by atoms with van der Waals surface area (Å²) >= 11 is 0. The fraction of sp³-hybridized carbons (Fsp3) is 0.429. The molecule has 0 unspecified atom stereocenters. The third-order valence-electron chi connectivity index (χ3n) is 12.0. The van der Waals surface area contributed by atoms with Crippen molar-refractivity contribution in [1.29, 1.82) is 0 Å². The molecule has 2 aliphatic carbocycles. The van der Waals surface area contributed by atoms with Crippen LogP contribution in [0, 0.1) is 17.3 Å². The fourth-order valence-electron chi connectivity index (χ4n) is 9.37. The van der Waals surface area contributed by atoms with Crippen LogP contribution in [0.3, 0.4) is 0 Å². The number of hydrogen-bond donors (Lipinski definition) is 3. The first-order valence-electron chi connectivity index (χ1n) is 18.5. The van der Waals surface area contributed by atoms with Gasteiger partial charge in [0.15, 0.2) is 0 Å². The van der Waals surface area contributed by atoms with Gasteiger partial charge in [-0.25, -0.2) is 19.6 Å². The van der Waals surface area contributed by atoms with E-state index in [1.54, 1.807) is 4.90 Å². The van der Waals surface area contributed by atoms with Gasteiger partial charge in [-0.15, -0.1) is 0 Å². The first kappa shape index (κ1) is 32.8. The predicted octanol–water partition coefficient (Wildman–Crippen LogP) is 9.59. The molecular formula is C42H46N6O4. The molecule has 4 fully saturated rings. The van der Waals surface area contributed by atoms with Gasteiger partial charge in [0.1, 0.15) is 17.2 Å². The average molecular weight is 699 g/mol. The van der Waals surface area contributed by atoms with E-state index in [0.717, 1.165) is 81.7 Å². The summed E-state index contributed by atoms with van der Waals surface area (Å²) in [5.41, 5.74) is 4.91. The second-order valence-corrected chi connectivity index (χ2v) is 17.4. The highest BCUT2D eigenvalue weighted by molar-refractivity contribution is 5.90.